The van der Waals surface area contributed by atoms with Gasteiger partial charge in [0.15, 0.2) is 0 Å². The van der Waals surface area contributed by atoms with Gasteiger partial charge in [0.25, 0.3) is 0 Å². The number of hydrogen-bond donors (Lipinski definition) is 0. The Balaban J connectivity index is 2.01. The van der Waals surface area contributed by atoms with Gasteiger partial charge in [0, 0.05) is 24.5 Å². The molecule has 18 heavy (non-hydrogen) atoms. The van der Waals surface area contributed by atoms with Gasteiger partial charge in [0.05, 0.1) is 11.4 Å². The van der Waals surface area contributed by atoms with Crippen molar-refractivity contribution in [3.8, 4) is 0 Å². The molecule has 0 bridgehead atoms. The third kappa shape index (κ3) is 3.15. The van der Waals surface area contributed by atoms with Crippen molar-refractivity contribution in [3.63, 3.8) is 0 Å². The van der Waals surface area contributed by atoms with Crippen molar-refractivity contribution in [1.82, 2.24) is 14.7 Å². The summed E-state index contributed by atoms with van der Waals surface area (Å²) < 4.78 is 2.03. The second kappa shape index (κ2) is 6.20. The van der Waals surface area contributed by atoms with Crippen molar-refractivity contribution in [1.29, 1.82) is 0 Å². The highest BCUT2D eigenvalue weighted by molar-refractivity contribution is 9.09. The molecule has 0 aliphatic heterocycles. The van der Waals surface area contributed by atoms with Crippen LogP contribution in [0.4, 0.5) is 0 Å². The maximum atomic E-state index is 4.52. The molecule has 2 atom stereocenters. The first-order valence-electron chi connectivity index (χ1n) is 6.98. The summed E-state index contributed by atoms with van der Waals surface area (Å²) in [5.41, 5.74) is 2.51. The molecule has 2 unspecified atom stereocenters. The van der Waals surface area contributed by atoms with E-state index in [1.807, 2.05) is 4.68 Å². The van der Waals surface area contributed by atoms with Crippen LogP contribution in [0.1, 0.15) is 44.0 Å². The Morgan fingerprint density at radius 3 is 2.78 bits per heavy atom. The fourth-order valence-corrected chi connectivity index (χ4v) is 3.82. The van der Waals surface area contributed by atoms with Crippen molar-refractivity contribution in [2.75, 3.05) is 7.05 Å². The molecule has 1 fully saturated rings. The van der Waals surface area contributed by atoms with Crippen molar-refractivity contribution in [2.24, 2.45) is 7.05 Å². The number of hydrogen-bond acceptors (Lipinski definition) is 2. The molecule has 0 amide bonds. The minimum Gasteiger partial charge on any atom is -0.296 e. The normalized spacial score (nSPS) is 24.7. The van der Waals surface area contributed by atoms with Crippen LogP contribution in [0, 0.1) is 0 Å². The smallest absolute Gasteiger partial charge is 0.0625 e. The van der Waals surface area contributed by atoms with Gasteiger partial charge in [-0.2, -0.15) is 5.10 Å². The minimum absolute atomic E-state index is 0.648. The van der Waals surface area contributed by atoms with E-state index in [4.69, 9.17) is 0 Å². The van der Waals surface area contributed by atoms with E-state index < -0.39 is 0 Å². The van der Waals surface area contributed by atoms with Gasteiger partial charge in [-0.1, -0.05) is 35.7 Å². The van der Waals surface area contributed by atoms with Gasteiger partial charge in [-0.05, 0) is 32.4 Å². The zero-order chi connectivity index (χ0) is 13.1. The van der Waals surface area contributed by atoms with E-state index in [9.17, 15) is 0 Å². The fourth-order valence-electron chi connectivity index (χ4n) is 2.83. The van der Waals surface area contributed by atoms with E-state index in [-0.39, 0.29) is 0 Å². The molecule has 0 radical (unpaired) electrons. The first kappa shape index (κ1) is 14.1. The lowest BCUT2D eigenvalue weighted by atomic mass is 9.94. The summed E-state index contributed by atoms with van der Waals surface area (Å²) in [6.45, 7) is 3.15. The van der Waals surface area contributed by atoms with E-state index >= 15 is 0 Å². The Morgan fingerprint density at radius 1 is 1.44 bits per heavy atom. The molecule has 0 saturated heterocycles. The van der Waals surface area contributed by atoms with Crippen LogP contribution in [-0.4, -0.2) is 32.6 Å². The van der Waals surface area contributed by atoms with Crippen LogP contribution in [0.15, 0.2) is 6.07 Å². The Labute approximate surface area is 119 Å². The number of aryl methyl sites for hydroxylation is 2. The molecule has 1 saturated carbocycles. The fraction of sp³-hybridized carbons (Fsp3) is 0.786. The van der Waals surface area contributed by atoms with Crippen LogP contribution in [0.3, 0.4) is 0 Å². The summed E-state index contributed by atoms with van der Waals surface area (Å²) in [5, 5.41) is 4.52. The lowest BCUT2D eigenvalue weighted by Gasteiger charge is -2.35. The SMILES string of the molecule is CCc1cc(CN(C)C2CCCCC2Br)n(C)n1. The van der Waals surface area contributed by atoms with Crippen LogP contribution in [-0.2, 0) is 20.0 Å². The maximum Gasteiger partial charge on any atom is 0.0625 e. The predicted octanol–water partition coefficient (Wildman–Crippen LogP) is 3.12. The predicted molar refractivity (Wildman–Crippen MR) is 79.0 cm³/mol. The molecule has 2 rings (SSSR count). The highest BCUT2D eigenvalue weighted by Gasteiger charge is 2.26. The number of aromatic nitrogens is 2. The molecular weight excluding hydrogens is 290 g/mol. The molecule has 1 aromatic heterocycles. The summed E-state index contributed by atoms with van der Waals surface area (Å²) >= 11 is 3.84. The molecule has 0 N–H and O–H groups in total. The first-order chi connectivity index (χ1) is 8.61. The molecule has 4 heteroatoms. The van der Waals surface area contributed by atoms with E-state index in [0.717, 1.165) is 13.0 Å². The van der Waals surface area contributed by atoms with Gasteiger partial charge >= 0.3 is 0 Å². The quantitative estimate of drug-likeness (QED) is 0.796. The summed E-state index contributed by atoms with van der Waals surface area (Å²) in [4.78, 5) is 3.13. The van der Waals surface area contributed by atoms with Gasteiger partial charge in [-0.25, -0.2) is 0 Å². The molecule has 102 valence electrons. The van der Waals surface area contributed by atoms with E-state index in [2.05, 4.69) is 53.0 Å². The molecule has 1 aliphatic rings. The maximum absolute atomic E-state index is 4.52. The van der Waals surface area contributed by atoms with Crippen LogP contribution in [0.2, 0.25) is 0 Å². The topological polar surface area (TPSA) is 21.1 Å². The Hall–Kier alpha value is -0.350. The van der Waals surface area contributed by atoms with E-state index in [1.54, 1.807) is 0 Å². The van der Waals surface area contributed by atoms with Crippen LogP contribution >= 0.6 is 15.9 Å². The molecule has 1 heterocycles. The summed E-state index contributed by atoms with van der Waals surface area (Å²) in [6.07, 6.45) is 6.36. The number of rotatable bonds is 4. The molecule has 3 nitrogen and oxygen atoms in total. The Kier molecular flexibility index (Phi) is 4.84. The number of nitrogens with zero attached hydrogens (tertiary/aromatic N) is 3. The minimum atomic E-state index is 0.648. The largest absolute Gasteiger partial charge is 0.296 e. The second-order valence-corrected chi connectivity index (χ2v) is 6.56. The van der Waals surface area contributed by atoms with Crippen LogP contribution in [0.5, 0.6) is 0 Å². The second-order valence-electron chi connectivity index (χ2n) is 5.39. The van der Waals surface area contributed by atoms with Gasteiger partial charge in [0.2, 0.25) is 0 Å². The van der Waals surface area contributed by atoms with Crippen LogP contribution < -0.4 is 0 Å². The van der Waals surface area contributed by atoms with Gasteiger partial charge in [-0.15, -0.1) is 0 Å². The standard InChI is InChI=1S/C14H24BrN3/c1-4-11-9-12(18(3)16-11)10-17(2)14-8-6-5-7-13(14)15/h9,13-14H,4-8,10H2,1-3H3. The van der Waals surface area contributed by atoms with Gasteiger partial charge < -0.3 is 0 Å². The lowest BCUT2D eigenvalue weighted by Crippen LogP contribution is -2.40. The first-order valence-corrected chi connectivity index (χ1v) is 7.89. The molecule has 1 aromatic rings. The monoisotopic (exact) mass is 313 g/mol. The Morgan fingerprint density at radius 2 is 2.17 bits per heavy atom. The molecule has 0 aromatic carbocycles. The zero-order valence-electron chi connectivity index (χ0n) is 11.7. The van der Waals surface area contributed by atoms with Gasteiger partial charge in [-0.3, -0.25) is 9.58 Å². The summed E-state index contributed by atoms with van der Waals surface area (Å²) in [6, 6.07) is 2.90. The highest BCUT2D eigenvalue weighted by atomic mass is 79.9. The molecular formula is C14H24BrN3. The molecule has 1 aliphatic carbocycles. The van der Waals surface area contributed by atoms with Crippen molar-refractivity contribution >= 4 is 15.9 Å². The average molecular weight is 314 g/mol. The van der Waals surface area contributed by atoms with E-state index in [1.165, 1.54) is 37.1 Å². The zero-order valence-corrected chi connectivity index (χ0v) is 13.3. The highest BCUT2D eigenvalue weighted by Crippen LogP contribution is 2.28. The van der Waals surface area contributed by atoms with Crippen LogP contribution in [0.25, 0.3) is 0 Å². The summed E-state index contributed by atoms with van der Waals surface area (Å²) in [5.74, 6) is 0. The average Bonchev–Trinajstić information content (AvgIpc) is 2.70. The third-order valence-electron chi connectivity index (χ3n) is 4.01. The van der Waals surface area contributed by atoms with Crippen molar-refractivity contribution in [3.05, 3.63) is 17.5 Å². The number of halogens is 1. The van der Waals surface area contributed by atoms with Crippen molar-refractivity contribution < 1.29 is 0 Å². The van der Waals surface area contributed by atoms with E-state index in [0.29, 0.717) is 10.9 Å². The third-order valence-corrected chi connectivity index (χ3v) is 5.08. The molecule has 0 spiro atoms. The van der Waals surface area contributed by atoms with Crippen molar-refractivity contribution in [2.45, 2.75) is 56.4 Å². The number of alkyl halides is 1. The lowest BCUT2D eigenvalue weighted by molar-refractivity contribution is 0.189. The van der Waals surface area contributed by atoms with Gasteiger partial charge in [0.1, 0.15) is 0 Å². The summed E-state index contributed by atoms with van der Waals surface area (Å²) in [7, 11) is 4.29. The Bertz CT molecular complexity index is 388.